The molecule has 4 saturated carbocycles. The highest BCUT2D eigenvalue weighted by Gasteiger charge is 2.69. The molecule has 4 aliphatic carbocycles. The lowest BCUT2D eigenvalue weighted by molar-refractivity contribution is -0.187. The number of pyridine rings is 1. The Labute approximate surface area is 283 Å². The number of anilines is 1. The Morgan fingerprint density at radius 2 is 1.80 bits per heavy atom. The van der Waals surface area contributed by atoms with Crippen molar-refractivity contribution in [3.63, 3.8) is 0 Å². The number of aromatic nitrogens is 8. The summed E-state index contributed by atoms with van der Waals surface area (Å²) in [5, 5.41) is 27.8. The molecule has 15 nitrogen and oxygen atoms in total. The summed E-state index contributed by atoms with van der Waals surface area (Å²) in [6.45, 7) is 10.8. The molecule has 5 fully saturated rings. The van der Waals surface area contributed by atoms with Crippen molar-refractivity contribution in [1.29, 1.82) is 0 Å². The van der Waals surface area contributed by atoms with Gasteiger partial charge in [0.25, 0.3) is 5.91 Å². The van der Waals surface area contributed by atoms with E-state index in [2.05, 4.69) is 44.2 Å². The molecule has 2 bridgehead atoms. The van der Waals surface area contributed by atoms with Crippen LogP contribution in [0, 0.1) is 25.2 Å². The Morgan fingerprint density at radius 1 is 1.06 bits per heavy atom. The van der Waals surface area contributed by atoms with Crippen LogP contribution in [0.4, 0.5) is 5.69 Å². The number of aromatic hydroxyl groups is 1. The number of hydrogen-bond donors (Lipinski definition) is 2. The first-order valence-corrected chi connectivity index (χ1v) is 17.3. The van der Waals surface area contributed by atoms with E-state index in [1.807, 2.05) is 31.5 Å². The third-order valence-corrected chi connectivity index (χ3v) is 11.9. The van der Waals surface area contributed by atoms with Crippen LogP contribution in [0.5, 0.6) is 5.75 Å². The Hall–Kier alpha value is -4.82. The number of piperazine rings is 1. The third-order valence-electron chi connectivity index (χ3n) is 11.9. The molecule has 5 aliphatic rings. The van der Waals surface area contributed by atoms with Gasteiger partial charge in [0.2, 0.25) is 11.3 Å². The third kappa shape index (κ3) is 4.60. The molecule has 0 unspecified atom stereocenters. The second kappa shape index (κ2) is 10.8. The normalized spacial score (nSPS) is 25.5. The number of amides is 2. The van der Waals surface area contributed by atoms with E-state index in [1.54, 1.807) is 16.5 Å². The maximum absolute atomic E-state index is 14.5. The molecule has 258 valence electrons. The molecule has 49 heavy (non-hydrogen) atoms. The minimum atomic E-state index is -0.348. The predicted octanol–water partition coefficient (Wildman–Crippen LogP) is 2.18. The molecular weight excluding hydrogens is 626 g/mol. The van der Waals surface area contributed by atoms with Gasteiger partial charge in [0.1, 0.15) is 18.6 Å². The topological polar surface area (TPSA) is 169 Å². The molecule has 4 aromatic heterocycles. The minimum absolute atomic E-state index is 0.00219. The molecule has 4 aromatic rings. The smallest absolute Gasteiger partial charge is 0.276 e. The molecule has 2 atom stereocenters. The average Bonchev–Trinajstić information content (AvgIpc) is 3.60. The largest absolute Gasteiger partial charge is 0.504 e. The van der Waals surface area contributed by atoms with Gasteiger partial charge in [0, 0.05) is 49.2 Å². The average molecular weight is 670 g/mol. The minimum Gasteiger partial charge on any atom is -0.504 e. The Bertz CT molecular complexity index is 2060. The van der Waals surface area contributed by atoms with Gasteiger partial charge in [0.05, 0.1) is 11.7 Å². The van der Waals surface area contributed by atoms with E-state index in [1.165, 1.54) is 11.1 Å². The van der Waals surface area contributed by atoms with E-state index in [9.17, 15) is 19.5 Å². The van der Waals surface area contributed by atoms with Crippen molar-refractivity contribution < 1.29 is 14.7 Å². The standard InChI is InChI=1S/C34H43N11O4/c1-7-21-28(42-10-11-43(23-9-8-22(23)42)32(49)27-29(47)20(5)35-17-36-27)30(48)26-31(40-45(39-26)24-12-19(4)41(6)38-24)44(21)13-25(46)37-34-14-33(15-34,16-34)18(2)3/h12,17-18,22-23,47H,7-11,13-16H2,1-6H3,(H,37,46)/t22-,23-,33?,34?/m0/s1. The van der Waals surface area contributed by atoms with Crippen molar-refractivity contribution >= 4 is 28.7 Å². The zero-order chi connectivity index (χ0) is 34.6. The molecule has 9 rings (SSSR count). The van der Waals surface area contributed by atoms with Gasteiger partial charge < -0.3 is 24.8 Å². The van der Waals surface area contributed by atoms with Gasteiger partial charge >= 0.3 is 0 Å². The van der Waals surface area contributed by atoms with Crippen LogP contribution in [0.2, 0.25) is 0 Å². The summed E-state index contributed by atoms with van der Waals surface area (Å²) in [7, 11) is 1.83. The van der Waals surface area contributed by atoms with Crippen molar-refractivity contribution in [3.05, 3.63) is 45.4 Å². The Kier molecular flexibility index (Phi) is 6.96. The number of rotatable bonds is 8. The van der Waals surface area contributed by atoms with Gasteiger partial charge in [-0.3, -0.25) is 19.1 Å². The van der Waals surface area contributed by atoms with Gasteiger partial charge in [-0.2, -0.15) is 5.10 Å². The molecule has 0 radical (unpaired) electrons. The zero-order valence-corrected chi connectivity index (χ0v) is 28.9. The maximum atomic E-state index is 14.5. The molecule has 5 heterocycles. The fraction of sp³-hybridized carbons (Fsp3) is 0.588. The fourth-order valence-corrected chi connectivity index (χ4v) is 8.81. The van der Waals surface area contributed by atoms with Gasteiger partial charge in [-0.15, -0.1) is 15.0 Å². The Balaban J connectivity index is 1.17. The number of carbonyl (C=O) groups excluding carboxylic acids is 2. The second-order valence-corrected chi connectivity index (χ2v) is 14.9. The monoisotopic (exact) mass is 669 g/mol. The first-order chi connectivity index (χ1) is 23.3. The number of fused-ring (bicyclic) bond motifs is 2. The van der Waals surface area contributed by atoms with Crippen LogP contribution in [0.25, 0.3) is 17.0 Å². The second-order valence-electron chi connectivity index (χ2n) is 14.9. The molecule has 1 saturated heterocycles. The van der Waals surface area contributed by atoms with Gasteiger partial charge in [-0.1, -0.05) is 20.8 Å². The van der Waals surface area contributed by atoms with Gasteiger partial charge in [0.15, 0.2) is 28.4 Å². The van der Waals surface area contributed by atoms with E-state index < -0.39 is 0 Å². The highest BCUT2D eigenvalue weighted by Crippen LogP contribution is 2.70. The summed E-state index contributed by atoms with van der Waals surface area (Å²) >= 11 is 0. The summed E-state index contributed by atoms with van der Waals surface area (Å²) in [6, 6.07) is 1.56. The van der Waals surface area contributed by atoms with Crippen LogP contribution in [0.3, 0.4) is 0 Å². The number of nitrogens with one attached hydrogen (secondary N) is 1. The molecular formula is C34H43N11O4. The first-order valence-electron chi connectivity index (χ1n) is 17.3. The van der Waals surface area contributed by atoms with Crippen LogP contribution in [-0.2, 0) is 24.8 Å². The van der Waals surface area contributed by atoms with E-state index in [0.717, 1.165) is 37.8 Å². The number of nitrogens with zero attached hydrogens (tertiary/aromatic N) is 10. The maximum Gasteiger partial charge on any atom is 0.276 e. The van der Waals surface area contributed by atoms with Crippen LogP contribution in [0.1, 0.15) is 80.4 Å². The molecule has 2 N–H and O–H groups in total. The van der Waals surface area contributed by atoms with Crippen LogP contribution in [-0.4, -0.2) is 91.8 Å². The van der Waals surface area contributed by atoms with Crippen molar-refractivity contribution in [2.24, 2.45) is 18.4 Å². The number of hydrogen-bond acceptors (Lipinski definition) is 10. The van der Waals surface area contributed by atoms with Crippen molar-refractivity contribution in [2.45, 2.75) is 97.3 Å². The lowest BCUT2D eigenvalue weighted by Crippen LogP contribution is -2.76. The molecule has 0 aromatic carbocycles. The lowest BCUT2D eigenvalue weighted by atomic mass is 9.36. The van der Waals surface area contributed by atoms with E-state index in [0.29, 0.717) is 59.4 Å². The Morgan fingerprint density at radius 3 is 2.43 bits per heavy atom. The van der Waals surface area contributed by atoms with Crippen LogP contribution < -0.4 is 15.6 Å². The van der Waals surface area contributed by atoms with Crippen molar-refractivity contribution in [1.82, 2.24) is 49.5 Å². The van der Waals surface area contributed by atoms with Gasteiger partial charge in [-0.05, 0) is 63.7 Å². The zero-order valence-electron chi connectivity index (χ0n) is 28.9. The van der Waals surface area contributed by atoms with E-state index in [-0.39, 0.29) is 58.4 Å². The number of aryl methyl sites for hydroxylation is 3. The van der Waals surface area contributed by atoms with Crippen LogP contribution in [0.15, 0.2) is 17.2 Å². The molecule has 15 heteroatoms. The summed E-state index contributed by atoms with van der Waals surface area (Å²) in [5.74, 6) is 0.400. The van der Waals surface area contributed by atoms with E-state index in [4.69, 9.17) is 5.10 Å². The lowest BCUT2D eigenvalue weighted by Gasteiger charge is -2.72. The van der Waals surface area contributed by atoms with E-state index >= 15 is 0 Å². The summed E-state index contributed by atoms with van der Waals surface area (Å²) in [4.78, 5) is 55.3. The molecule has 1 aliphatic heterocycles. The summed E-state index contributed by atoms with van der Waals surface area (Å²) in [6.07, 6.45) is 6.31. The summed E-state index contributed by atoms with van der Waals surface area (Å²) in [5.41, 5.74) is 2.91. The quantitative estimate of drug-likeness (QED) is 0.284. The highest BCUT2D eigenvalue weighted by molar-refractivity contribution is 5.95. The van der Waals surface area contributed by atoms with Gasteiger partial charge in [-0.25, -0.2) is 9.97 Å². The SMILES string of the molecule is CCc1c(N2CCN(C(=O)c3ncnc(C)c3O)[C@H]3CC[C@@H]32)c(=O)c2nn(-c3cc(C)n(C)n3)nc2n1CC(=O)NC12CC(C(C)C)(C1)C2. The first kappa shape index (κ1) is 31.4. The summed E-state index contributed by atoms with van der Waals surface area (Å²) < 4.78 is 3.58. The fourth-order valence-electron chi connectivity index (χ4n) is 8.81. The molecule has 0 spiro atoms. The van der Waals surface area contributed by atoms with Crippen LogP contribution >= 0.6 is 0 Å². The molecule has 2 amide bonds. The number of carbonyl (C=O) groups is 2. The van der Waals surface area contributed by atoms with Crippen molar-refractivity contribution in [3.8, 4) is 11.6 Å². The van der Waals surface area contributed by atoms with Crippen molar-refractivity contribution in [2.75, 3.05) is 18.0 Å². The predicted molar refractivity (Wildman–Crippen MR) is 180 cm³/mol. The highest BCUT2D eigenvalue weighted by atomic mass is 16.3.